The van der Waals surface area contributed by atoms with Gasteiger partial charge in [0.15, 0.2) is 0 Å². The van der Waals surface area contributed by atoms with Crippen molar-refractivity contribution >= 4 is 5.69 Å². The average molecular weight is 262 g/mol. The van der Waals surface area contributed by atoms with Gasteiger partial charge in [-0.2, -0.15) is 0 Å². The van der Waals surface area contributed by atoms with Crippen molar-refractivity contribution in [2.24, 2.45) is 0 Å². The molecule has 1 unspecified atom stereocenters. The molecule has 19 heavy (non-hydrogen) atoms. The van der Waals surface area contributed by atoms with E-state index in [2.05, 4.69) is 49.2 Å². The van der Waals surface area contributed by atoms with Crippen LogP contribution in [0.15, 0.2) is 18.2 Å². The molecular formula is C16H26N2O. The van der Waals surface area contributed by atoms with Crippen molar-refractivity contribution in [3.8, 4) is 5.75 Å². The monoisotopic (exact) mass is 262 g/mol. The van der Waals surface area contributed by atoms with Crippen molar-refractivity contribution in [3.63, 3.8) is 0 Å². The zero-order valence-electron chi connectivity index (χ0n) is 12.6. The first-order chi connectivity index (χ1) is 9.08. The molecule has 1 aliphatic rings. The normalized spacial score (nSPS) is 24.1. The number of aryl methyl sites for hydroxylation is 1. The Kier molecular flexibility index (Phi) is 4.35. The Balaban J connectivity index is 2.24. The quantitative estimate of drug-likeness (QED) is 0.906. The molecule has 2 rings (SSSR count). The molecule has 0 amide bonds. The van der Waals surface area contributed by atoms with Gasteiger partial charge in [-0.3, -0.25) is 0 Å². The smallest absolute Gasteiger partial charge is 0.119 e. The Bertz CT molecular complexity index is 433. The van der Waals surface area contributed by atoms with Crippen LogP contribution in [0.1, 0.15) is 32.3 Å². The molecule has 1 fully saturated rings. The van der Waals surface area contributed by atoms with E-state index >= 15 is 0 Å². The highest BCUT2D eigenvalue weighted by Crippen LogP contribution is 2.27. The second-order valence-corrected chi connectivity index (χ2v) is 5.77. The fourth-order valence-corrected chi connectivity index (χ4v) is 2.77. The van der Waals surface area contributed by atoms with Crippen LogP contribution in [-0.4, -0.2) is 32.3 Å². The first-order valence-corrected chi connectivity index (χ1v) is 7.22. The number of nitrogens with zero attached hydrogens (tertiary/aromatic N) is 1. The fourth-order valence-electron chi connectivity index (χ4n) is 2.77. The summed E-state index contributed by atoms with van der Waals surface area (Å²) in [4.78, 5) is 2.51. The molecule has 1 atom stereocenters. The van der Waals surface area contributed by atoms with Crippen LogP contribution in [0.3, 0.4) is 0 Å². The van der Waals surface area contributed by atoms with Gasteiger partial charge in [-0.25, -0.2) is 0 Å². The standard InChI is InChI=1S/C16H26N2O/c1-5-16(3)12-18(10-6-9-17-16)15-8-7-14(19-4)11-13(15)2/h7-8,11,17H,5-6,9-10,12H2,1-4H3. The summed E-state index contributed by atoms with van der Waals surface area (Å²) in [7, 11) is 1.72. The summed E-state index contributed by atoms with van der Waals surface area (Å²) in [6.45, 7) is 10.0. The Hall–Kier alpha value is -1.22. The zero-order chi connectivity index (χ0) is 13.9. The number of nitrogens with one attached hydrogen (secondary N) is 1. The molecule has 1 aromatic carbocycles. The molecule has 0 spiro atoms. The third-order valence-electron chi connectivity index (χ3n) is 4.22. The van der Waals surface area contributed by atoms with Gasteiger partial charge >= 0.3 is 0 Å². The summed E-state index contributed by atoms with van der Waals surface area (Å²) in [6, 6.07) is 6.37. The number of hydrogen-bond donors (Lipinski definition) is 1. The summed E-state index contributed by atoms with van der Waals surface area (Å²) in [5.74, 6) is 0.937. The third kappa shape index (κ3) is 3.21. The molecule has 0 radical (unpaired) electrons. The minimum Gasteiger partial charge on any atom is -0.497 e. The van der Waals surface area contributed by atoms with Gasteiger partial charge in [0.2, 0.25) is 0 Å². The summed E-state index contributed by atoms with van der Waals surface area (Å²) < 4.78 is 5.29. The highest BCUT2D eigenvalue weighted by atomic mass is 16.5. The van der Waals surface area contributed by atoms with Crippen molar-refractivity contribution in [2.45, 2.75) is 39.2 Å². The Labute approximate surface area is 116 Å². The second-order valence-electron chi connectivity index (χ2n) is 5.77. The first-order valence-electron chi connectivity index (χ1n) is 7.22. The summed E-state index contributed by atoms with van der Waals surface area (Å²) >= 11 is 0. The molecule has 1 aromatic rings. The lowest BCUT2D eigenvalue weighted by atomic mass is 9.98. The highest BCUT2D eigenvalue weighted by Gasteiger charge is 2.27. The zero-order valence-corrected chi connectivity index (χ0v) is 12.6. The first kappa shape index (κ1) is 14.2. The van der Waals surface area contributed by atoms with E-state index in [9.17, 15) is 0 Å². The van der Waals surface area contributed by atoms with Crippen LogP contribution in [0, 0.1) is 6.92 Å². The van der Waals surface area contributed by atoms with Crippen molar-refractivity contribution in [2.75, 3.05) is 31.6 Å². The van der Waals surface area contributed by atoms with Gasteiger partial charge in [0.25, 0.3) is 0 Å². The molecule has 3 heteroatoms. The van der Waals surface area contributed by atoms with Gasteiger partial charge < -0.3 is 15.0 Å². The van der Waals surface area contributed by atoms with Crippen LogP contribution < -0.4 is 15.0 Å². The van der Waals surface area contributed by atoms with Crippen molar-refractivity contribution in [1.82, 2.24) is 5.32 Å². The maximum Gasteiger partial charge on any atom is 0.119 e. The van der Waals surface area contributed by atoms with E-state index in [1.165, 1.54) is 17.7 Å². The molecule has 1 saturated heterocycles. The minimum atomic E-state index is 0.211. The SMILES string of the molecule is CCC1(C)CN(c2ccc(OC)cc2C)CCCN1. The van der Waals surface area contributed by atoms with Gasteiger partial charge in [-0.15, -0.1) is 0 Å². The Morgan fingerprint density at radius 3 is 2.84 bits per heavy atom. The van der Waals surface area contributed by atoms with Gasteiger partial charge in [0.05, 0.1) is 7.11 Å². The molecule has 1 heterocycles. The summed E-state index contributed by atoms with van der Waals surface area (Å²) in [5.41, 5.74) is 2.84. The van der Waals surface area contributed by atoms with E-state index < -0.39 is 0 Å². The molecule has 3 nitrogen and oxygen atoms in total. The van der Waals surface area contributed by atoms with E-state index in [1.807, 2.05) is 0 Å². The van der Waals surface area contributed by atoms with Gasteiger partial charge in [0, 0.05) is 24.3 Å². The van der Waals surface area contributed by atoms with E-state index in [4.69, 9.17) is 4.74 Å². The molecule has 1 N–H and O–H groups in total. The van der Waals surface area contributed by atoms with E-state index in [-0.39, 0.29) is 5.54 Å². The molecule has 0 aromatic heterocycles. The molecule has 0 saturated carbocycles. The number of methoxy groups -OCH3 is 1. The predicted molar refractivity (Wildman–Crippen MR) is 81.3 cm³/mol. The van der Waals surface area contributed by atoms with Crippen molar-refractivity contribution in [1.29, 1.82) is 0 Å². The minimum absolute atomic E-state index is 0.211. The number of rotatable bonds is 3. The molecule has 0 aliphatic carbocycles. The van der Waals surface area contributed by atoms with Crippen LogP contribution in [0.25, 0.3) is 0 Å². The number of anilines is 1. The van der Waals surface area contributed by atoms with E-state index in [0.717, 1.165) is 31.8 Å². The van der Waals surface area contributed by atoms with Crippen molar-refractivity contribution < 1.29 is 4.74 Å². The lowest BCUT2D eigenvalue weighted by Gasteiger charge is -2.34. The Morgan fingerprint density at radius 2 is 2.21 bits per heavy atom. The molecular weight excluding hydrogens is 236 g/mol. The summed E-state index contributed by atoms with van der Waals surface area (Å²) in [6.07, 6.45) is 2.35. The van der Waals surface area contributed by atoms with Crippen LogP contribution in [-0.2, 0) is 0 Å². The maximum absolute atomic E-state index is 5.29. The number of ether oxygens (including phenoxy) is 1. The summed E-state index contributed by atoms with van der Waals surface area (Å²) in [5, 5.41) is 3.68. The van der Waals surface area contributed by atoms with Crippen LogP contribution in [0.4, 0.5) is 5.69 Å². The number of benzene rings is 1. The van der Waals surface area contributed by atoms with Crippen LogP contribution in [0.5, 0.6) is 5.75 Å². The molecule has 106 valence electrons. The third-order valence-corrected chi connectivity index (χ3v) is 4.22. The largest absolute Gasteiger partial charge is 0.497 e. The Morgan fingerprint density at radius 1 is 1.42 bits per heavy atom. The van der Waals surface area contributed by atoms with Gasteiger partial charge in [-0.05, 0) is 57.0 Å². The van der Waals surface area contributed by atoms with Gasteiger partial charge in [0.1, 0.15) is 5.75 Å². The predicted octanol–water partition coefficient (Wildman–Crippen LogP) is 2.97. The fraction of sp³-hybridized carbons (Fsp3) is 0.625. The van der Waals surface area contributed by atoms with Crippen molar-refractivity contribution in [3.05, 3.63) is 23.8 Å². The van der Waals surface area contributed by atoms with E-state index in [0.29, 0.717) is 0 Å². The number of hydrogen-bond acceptors (Lipinski definition) is 3. The maximum atomic E-state index is 5.29. The van der Waals surface area contributed by atoms with E-state index in [1.54, 1.807) is 7.11 Å². The van der Waals surface area contributed by atoms with Gasteiger partial charge in [-0.1, -0.05) is 6.92 Å². The van der Waals surface area contributed by atoms with Crippen LogP contribution >= 0.6 is 0 Å². The molecule has 1 aliphatic heterocycles. The second kappa shape index (κ2) is 5.83. The molecule has 0 bridgehead atoms. The average Bonchev–Trinajstić information content (AvgIpc) is 2.61. The lowest BCUT2D eigenvalue weighted by Crippen LogP contribution is -2.48. The highest BCUT2D eigenvalue weighted by molar-refractivity contribution is 5.56. The topological polar surface area (TPSA) is 24.5 Å². The van der Waals surface area contributed by atoms with Crippen LogP contribution in [0.2, 0.25) is 0 Å². The lowest BCUT2D eigenvalue weighted by molar-refractivity contribution is 0.366.